The van der Waals surface area contributed by atoms with Crippen LogP contribution in [0.25, 0.3) is 22.3 Å². The van der Waals surface area contributed by atoms with Gasteiger partial charge in [0.25, 0.3) is 0 Å². The maximum Gasteiger partial charge on any atom is 0.407 e. The van der Waals surface area contributed by atoms with Crippen LogP contribution in [0, 0.1) is 0 Å². The van der Waals surface area contributed by atoms with Gasteiger partial charge in [0.2, 0.25) is 20.0 Å². The number of sulfonamides is 2. The van der Waals surface area contributed by atoms with E-state index in [0.717, 1.165) is 0 Å². The van der Waals surface area contributed by atoms with E-state index in [1.54, 1.807) is 60.7 Å². The Labute approximate surface area is 410 Å². The molecule has 72 heavy (non-hydrogen) atoms. The molecule has 6 aromatic rings. The summed E-state index contributed by atoms with van der Waals surface area (Å²) in [7, 11) is -9.03. The Morgan fingerprint density at radius 3 is 0.944 bits per heavy atom. The van der Waals surface area contributed by atoms with Gasteiger partial charge in [-0.1, -0.05) is 84.9 Å². The van der Waals surface area contributed by atoms with E-state index in [-0.39, 0.29) is 47.2 Å². The van der Waals surface area contributed by atoms with Crippen molar-refractivity contribution >= 4 is 53.7 Å². The molecule has 6 aromatic carbocycles. The third-order valence-electron chi connectivity index (χ3n) is 12.8. The van der Waals surface area contributed by atoms with Crippen LogP contribution >= 0.6 is 0 Å². The van der Waals surface area contributed by atoms with E-state index in [2.05, 4.69) is 0 Å². The molecular formula is C52H44F6N2O10S2. The lowest BCUT2D eigenvalue weighted by molar-refractivity contribution is -0.118. The van der Waals surface area contributed by atoms with Crippen LogP contribution in [-0.4, -0.2) is 97.6 Å². The Kier molecular flexibility index (Phi) is 13.3. The first-order valence-corrected chi connectivity index (χ1v) is 25.3. The fraction of sp³-hybridized carbons (Fsp3) is 0.231. The zero-order valence-corrected chi connectivity index (χ0v) is 39.2. The number of hydrogen-bond donors (Lipinski definition) is 4. The average molecular weight is 1040 g/mol. The largest absolute Gasteiger partial charge is 0.508 e. The normalized spacial score (nSPS) is 21.7. The summed E-state index contributed by atoms with van der Waals surface area (Å²) in [6.45, 7) is -3.31. The lowest BCUT2D eigenvalue weighted by atomic mass is 9.83. The molecule has 4 aliphatic rings. The van der Waals surface area contributed by atoms with Gasteiger partial charge in [-0.3, -0.25) is 8.61 Å². The first-order chi connectivity index (χ1) is 34.1. The number of phenols is 4. The third-order valence-corrected chi connectivity index (χ3v) is 17.1. The highest BCUT2D eigenvalue weighted by Crippen LogP contribution is 2.53. The Hall–Kier alpha value is -7.00. The molecule has 10 rings (SSSR count). The van der Waals surface area contributed by atoms with Gasteiger partial charge in [0.1, 0.15) is 58.8 Å². The summed E-state index contributed by atoms with van der Waals surface area (Å²) in [4.78, 5) is 0. The van der Waals surface area contributed by atoms with Gasteiger partial charge >= 0.3 is 12.4 Å². The number of phenolic OH excluding ortho intramolecular Hbond substituents is 4. The predicted octanol–water partition coefficient (Wildman–Crippen LogP) is 9.89. The number of aromatic hydroxyl groups is 4. The molecule has 376 valence electrons. The zero-order chi connectivity index (χ0) is 51.3. The number of benzene rings is 6. The average Bonchev–Trinajstić information content (AvgIpc) is 4.15. The van der Waals surface area contributed by atoms with Crippen molar-refractivity contribution in [2.24, 2.45) is 0 Å². The second kappa shape index (κ2) is 19.2. The number of hydrogen-bond acceptors (Lipinski definition) is 10. The summed E-state index contributed by atoms with van der Waals surface area (Å²) in [5, 5.41) is 36.4. The van der Waals surface area contributed by atoms with Crippen LogP contribution < -0.4 is 8.61 Å². The van der Waals surface area contributed by atoms with Crippen LogP contribution in [0.1, 0.15) is 35.1 Å². The van der Waals surface area contributed by atoms with Crippen molar-refractivity contribution < 1.29 is 73.1 Å². The number of para-hydroxylation sites is 2. The number of rotatable bonds is 12. The molecule has 0 radical (unpaired) electrons. The molecule has 20 heteroatoms. The lowest BCUT2D eigenvalue weighted by Crippen LogP contribution is -2.47. The molecule has 2 fully saturated rings. The van der Waals surface area contributed by atoms with Crippen LogP contribution in [-0.2, 0) is 29.5 Å². The Morgan fingerprint density at radius 2 is 0.681 bits per heavy atom. The summed E-state index contributed by atoms with van der Waals surface area (Å²) in [5.74, 6) is 0.139. The molecule has 4 N–H and O–H groups in total. The minimum absolute atomic E-state index is 0.0132. The van der Waals surface area contributed by atoms with Gasteiger partial charge in [0.15, 0.2) is 0 Å². The first kappa shape index (κ1) is 50.0. The topological polar surface area (TPSA) is 174 Å². The minimum Gasteiger partial charge on any atom is -0.508 e. The van der Waals surface area contributed by atoms with E-state index in [1.807, 2.05) is 0 Å². The van der Waals surface area contributed by atoms with Gasteiger partial charge in [-0.2, -0.15) is 26.3 Å². The number of ether oxygens (including phenoxy) is 2. The van der Waals surface area contributed by atoms with E-state index in [9.17, 15) is 63.6 Å². The molecule has 2 saturated heterocycles. The molecular weight excluding hydrogens is 991 g/mol. The Morgan fingerprint density at radius 1 is 0.417 bits per heavy atom. The number of nitrogens with zero attached hydrogens (tertiary/aromatic N) is 2. The van der Waals surface area contributed by atoms with Crippen molar-refractivity contribution in [3.05, 3.63) is 180 Å². The van der Waals surface area contributed by atoms with Crippen LogP contribution in [0.5, 0.6) is 23.0 Å². The highest BCUT2D eigenvalue weighted by molar-refractivity contribution is 7.93. The molecule has 6 atom stereocenters. The third kappa shape index (κ3) is 10.1. The maximum atomic E-state index is 13.8. The van der Waals surface area contributed by atoms with Gasteiger partial charge in [-0.15, -0.1) is 0 Å². The van der Waals surface area contributed by atoms with Gasteiger partial charge in [0.05, 0.1) is 23.6 Å². The highest BCUT2D eigenvalue weighted by atomic mass is 32.2. The molecule has 0 aromatic heterocycles. The van der Waals surface area contributed by atoms with Gasteiger partial charge < -0.3 is 29.9 Å². The fourth-order valence-electron chi connectivity index (χ4n) is 9.78. The highest BCUT2D eigenvalue weighted by Gasteiger charge is 2.57. The van der Waals surface area contributed by atoms with Crippen molar-refractivity contribution in [2.45, 2.75) is 60.1 Å². The predicted molar refractivity (Wildman–Crippen MR) is 258 cm³/mol. The molecule has 12 nitrogen and oxygen atoms in total. The van der Waals surface area contributed by atoms with Crippen molar-refractivity contribution in [3.63, 3.8) is 0 Å². The number of fused-ring (bicyclic) bond motifs is 4. The molecule has 0 amide bonds. The number of anilines is 2. The van der Waals surface area contributed by atoms with E-state index in [0.29, 0.717) is 53.2 Å². The maximum absolute atomic E-state index is 13.8. The van der Waals surface area contributed by atoms with Gasteiger partial charge in [-0.25, -0.2) is 16.8 Å². The van der Waals surface area contributed by atoms with Crippen molar-refractivity contribution in [3.8, 4) is 23.0 Å². The smallest absolute Gasteiger partial charge is 0.407 e. The van der Waals surface area contributed by atoms with Crippen LogP contribution in [0.3, 0.4) is 0 Å². The number of halogens is 6. The van der Waals surface area contributed by atoms with Gasteiger partial charge in [-0.05, 0) is 130 Å². The van der Waals surface area contributed by atoms with Crippen molar-refractivity contribution in [2.75, 3.05) is 21.7 Å². The van der Waals surface area contributed by atoms with E-state index in [4.69, 9.17) is 9.47 Å². The SMILES string of the molecule is O=S(=O)([C@@H]1C[C@@H]2O[C@H]1C(c1ccc(O)cc1)=C2c1ccc(O)cc1)N(CC(F)(F)F)c1ccccc1.O=S(=O)([C@H]1C[C@H]2O[C@@H]1C(c1ccc(O)cc1)=C2c1ccc(O)cc1)N(CC(F)(F)F)c1ccccc1. The Balaban J connectivity index is 0.000000178. The van der Waals surface area contributed by atoms with Crippen molar-refractivity contribution in [1.82, 2.24) is 0 Å². The Bertz CT molecular complexity index is 2990. The summed E-state index contributed by atoms with van der Waals surface area (Å²) in [6, 6.07) is 39.4. The minimum atomic E-state index is -4.76. The summed E-state index contributed by atoms with van der Waals surface area (Å²) in [5.41, 5.74) is 4.91. The molecule has 0 saturated carbocycles. The number of alkyl halides is 6. The summed E-state index contributed by atoms with van der Waals surface area (Å²) in [6.07, 6.45) is -12.9. The van der Waals surface area contributed by atoms with E-state index < -0.39 is 80.4 Å². The van der Waals surface area contributed by atoms with Crippen LogP contribution in [0.4, 0.5) is 37.7 Å². The summed E-state index contributed by atoms with van der Waals surface area (Å²) >= 11 is 0. The summed E-state index contributed by atoms with van der Waals surface area (Å²) < 4.78 is 149. The molecule has 0 unspecified atom stereocenters. The molecule has 0 spiro atoms. The van der Waals surface area contributed by atoms with Crippen molar-refractivity contribution in [1.29, 1.82) is 0 Å². The second-order valence-electron chi connectivity index (χ2n) is 17.5. The van der Waals surface area contributed by atoms with Gasteiger partial charge in [0, 0.05) is 0 Å². The second-order valence-corrected chi connectivity index (χ2v) is 21.6. The molecule has 4 heterocycles. The zero-order valence-electron chi connectivity index (χ0n) is 37.5. The molecule has 4 bridgehead atoms. The van der Waals surface area contributed by atoms with Crippen LogP contribution in [0.2, 0.25) is 0 Å². The monoisotopic (exact) mass is 1030 g/mol. The van der Waals surface area contributed by atoms with E-state index >= 15 is 0 Å². The van der Waals surface area contributed by atoms with Crippen LogP contribution in [0.15, 0.2) is 158 Å². The molecule has 4 aliphatic heterocycles. The molecule has 0 aliphatic carbocycles. The first-order valence-electron chi connectivity index (χ1n) is 22.3. The van der Waals surface area contributed by atoms with E-state index in [1.165, 1.54) is 97.1 Å². The lowest BCUT2D eigenvalue weighted by Gasteiger charge is -2.32. The fourth-order valence-corrected chi connectivity index (χ4v) is 13.8. The quantitative estimate of drug-likeness (QED) is 0.0865. The standard InChI is InChI=1S/2C26H22F3NO5S/c2*27-26(28,29)15-30(18-4-2-1-3-5-18)36(33,34)22-14-21-23(16-6-10-19(31)11-7-16)24(25(22)35-21)17-8-12-20(32)13-9-17/h2*1-13,21-22,25,31-32H,14-15H2/t2*21-,22+,25+/m10/s1.